The summed E-state index contributed by atoms with van der Waals surface area (Å²) in [7, 11) is 0. The minimum Gasteiger partial charge on any atom is -0.395 e. The van der Waals surface area contributed by atoms with E-state index in [9.17, 15) is 5.11 Å². The van der Waals surface area contributed by atoms with Gasteiger partial charge in [0.05, 0.1) is 17.3 Å². The summed E-state index contributed by atoms with van der Waals surface area (Å²) in [5.74, 6) is 0.769. The normalized spacial score (nSPS) is 26.4. The molecule has 1 aromatic rings. The van der Waals surface area contributed by atoms with E-state index in [1.807, 2.05) is 11.3 Å². The fourth-order valence-corrected chi connectivity index (χ4v) is 3.41. The summed E-state index contributed by atoms with van der Waals surface area (Å²) < 4.78 is 0. The number of hydrogen-bond donors (Lipinski definition) is 1. The zero-order valence-electron chi connectivity index (χ0n) is 9.43. The Morgan fingerprint density at radius 3 is 3.06 bits per heavy atom. The minimum atomic E-state index is 0.291. The van der Waals surface area contributed by atoms with E-state index >= 15 is 0 Å². The van der Waals surface area contributed by atoms with Gasteiger partial charge in [0.15, 0.2) is 0 Å². The van der Waals surface area contributed by atoms with Crippen LogP contribution in [0.25, 0.3) is 0 Å². The lowest BCUT2D eigenvalue weighted by molar-refractivity contribution is 0.152. The van der Waals surface area contributed by atoms with Crippen molar-refractivity contribution in [2.45, 2.75) is 44.2 Å². The maximum absolute atomic E-state index is 9.26. The van der Waals surface area contributed by atoms with E-state index < -0.39 is 0 Å². The molecule has 4 heteroatoms. The fourth-order valence-electron chi connectivity index (χ4n) is 2.43. The standard InChI is InChI=1S/C12H18N2OS/c15-7-11-2-1-5-14(11)6-10-8-16-12(13-10)9-3-4-9/h8-9,11,15H,1-7H2/t11-/m1/s1. The number of hydrogen-bond acceptors (Lipinski definition) is 4. The summed E-state index contributed by atoms with van der Waals surface area (Å²) in [6.07, 6.45) is 5.01. The Labute approximate surface area is 100 Å². The molecule has 1 aliphatic heterocycles. The second kappa shape index (κ2) is 4.43. The molecular weight excluding hydrogens is 220 g/mol. The van der Waals surface area contributed by atoms with Crippen LogP contribution in [0.3, 0.4) is 0 Å². The van der Waals surface area contributed by atoms with Gasteiger partial charge in [0, 0.05) is 23.9 Å². The smallest absolute Gasteiger partial charge is 0.0959 e. The van der Waals surface area contributed by atoms with Gasteiger partial charge in [0.25, 0.3) is 0 Å². The lowest BCUT2D eigenvalue weighted by Crippen LogP contribution is -2.31. The van der Waals surface area contributed by atoms with Crippen LogP contribution in [0.4, 0.5) is 0 Å². The number of nitrogens with zero attached hydrogens (tertiary/aromatic N) is 2. The van der Waals surface area contributed by atoms with Gasteiger partial charge in [-0.25, -0.2) is 4.98 Å². The lowest BCUT2D eigenvalue weighted by Gasteiger charge is -2.21. The molecule has 0 bridgehead atoms. The van der Waals surface area contributed by atoms with Crippen LogP contribution in [0.15, 0.2) is 5.38 Å². The van der Waals surface area contributed by atoms with Crippen molar-refractivity contribution in [3.05, 3.63) is 16.1 Å². The second-order valence-electron chi connectivity index (χ2n) is 4.90. The van der Waals surface area contributed by atoms with E-state index in [2.05, 4.69) is 10.3 Å². The molecule has 1 atom stereocenters. The third-order valence-electron chi connectivity index (χ3n) is 3.57. The number of thiazole rings is 1. The number of likely N-dealkylation sites (tertiary alicyclic amines) is 1. The molecule has 3 nitrogen and oxygen atoms in total. The Balaban J connectivity index is 1.63. The van der Waals surface area contributed by atoms with Gasteiger partial charge in [-0.3, -0.25) is 4.90 Å². The molecule has 0 amide bonds. The van der Waals surface area contributed by atoms with Crippen molar-refractivity contribution in [2.75, 3.05) is 13.2 Å². The van der Waals surface area contributed by atoms with E-state index in [0.717, 1.165) is 25.4 Å². The topological polar surface area (TPSA) is 36.4 Å². The molecule has 2 heterocycles. The van der Waals surface area contributed by atoms with E-state index in [1.165, 1.54) is 30.0 Å². The van der Waals surface area contributed by atoms with Crippen LogP contribution in [0.1, 0.15) is 42.3 Å². The Bertz CT molecular complexity index is 362. The maximum Gasteiger partial charge on any atom is 0.0959 e. The molecule has 3 rings (SSSR count). The highest BCUT2D eigenvalue weighted by Gasteiger charge is 2.28. The van der Waals surface area contributed by atoms with E-state index in [-0.39, 0.29) is 0 Å². The average Bonchev–Trinajstić information content (AvgIpc) is 2.88. The summed E-state index contributed by atoms with van der Waals surface area (Å²) in [6.45, 7) is 2.33. The van der Waals surface area contributed by atoms with Crippen molar-refractivity contribution in [1.82, 2.24) is 9.88 Å². The van der Waals surface area contributed by atoms with E-state index in [0.29, 0.717) is 12.6 Å². The highest BCUT2D eigenvalue weighted by atomic mass is 32.1. The predicted molar refractivity (Wildman–Crippen MR) is 64.6 cm³/mol. The number of aliphatic hydroxyl groups excluding tert-OH is 1. The number of aliphatic hydroxyl groups is 1. The van der Waals surface area contributed by atoms with Crippen molar-refractivity contribution in [1.29, 1.82) is 0 Å². The van der Waals surface area contributed by atoms with E-state index in [1.54, 1.807) is 0 Å². The summed E-state index contributed by atoms with van der Waals surface area (Å²) in [4.78, 5) is 7.07. The summed E-state index contributed by atoms with van der Waals surface area (Å²) in [6, 6.07) is 0.367. The molecule has 0 unspecified atom stereocenters. The molecule has 1 aromatic heterocycles. The molecule has 1 N–H and O–H groups in total. The Morgan fingerprint density at radius 1 is 1.44 bits per heavy atom. The van der Waals surface area contributed by atoms with Crippen LogP contribution < -0.4 is 0 Å². The van der Waals surface area contributed by atoms with Gasteiger partial charge in [-0.1, -0.05) is 0 Å². The largest absolute Gasteiger partial charge is 0.395 e. The van der Waals surface area contributed by atoms with Crippen molar-refractivity contribution in [2.24, 2.45) is 0 Å². The lowest BCUT2D eigenvalue weighted by atomic mass is 10.2. The quantitative estimate of drug-likeness (QED) is 0.871. The minimum absolute atomic E-state index is 0.291. The second-order valence-corrected chi connectivity index (χ2v) is 5.79. The van der Waals surface area contributed by atoms with Crippen LogP contribution in [0.5, 0.6) is 0 Å². The third-order valence-corrected chi connectivity index (χ3v) is 4.63. The molecule has 0 spiro atoms. The monoisotopic (exact) mass is 238 g/mol. The molecule has 2 fully saturated rings. The van der Waals surface area contributed by atoms with E-state index in [4.69, 9.17) is 4.98 Å². The van der Waals surface area contributed by atoms with Crippen molar-refractivity contribution >= 4 is 11.3 Å². The maximum atomic E-state index is 9.26. The van der Waals surface area contributed by atoms with Crippen LogP contribution in [0.2, 0.25) is 0 Å². The van der Waals surface area contributed by atoms with Gasteiger partial charge in [-0.15, -0.1) is 11.3 Å². The molecule has 2 aliphatic rings. The predicted octanol–water partition coefficient (Wildman–Crippen LogP) is 1.98. The van der Waals surface area contributed by atoms with Crippen LogP contribution in [-0.2, 0) is 6.54 Å². The van der Waals surface area contributed by atoms with Gasteiger partial charge in [0.2, 0.25) is 0 Å². The van der Waals surface area contributed by atoms with Gasteiger partial charge >= 0.3 is 0 Å². The van der Waals surface area contributed by atoms with Gasteiger partial charge < -0.3 is 5.11 Å². The number of rotatable bonds is 4. The fraction of sp³-hybridized carbons (Fsp3) is 0.750. The SMILES string of the molecule is OC[C@H]1CCCN1Cc1csc(C2CC2)n1. The zero-order valence-corrected chi connectivity index (χ0v) is 10.2. The highest BCUT2D eigenvalue weighted by molar-refractivity contribution is 7.09. The zero-order chi connectivity index (χ0) is 11.0. The Hall–Kier alpha value is -0.450. The molecule has 1 saturated carbocycles. The van der Waals surface area contributed by atoms with Gasteiger partial charge in [-0.2, -0.15) is 0 Å². The summed E-state index contributed by atoms with van der Waals surface area (Å²) in [5, 5.41) is 12.8. The highest BCUT2D eigenvalue weighted by Crippen LogP contribution is 2.41. The van der Waals surface area contributed by atoms with Gasteiger partial charge in [-0.05, 0) is 32.2 Å². The Kier molecular flexibility index (Phi) is 2.96. The first-order chi connectivity index (χ1) is 7.86. The van der Waals surface area contributed by atoms with Crippen LogP contribution in [0, 0.1) is 0 Å². The first-order valence-electron chi connectivity index (χ1n) is 6.16. The summed E-state index contributed by atoms with van der Waals surface area (Å²) in [5.41, 5.74) is 1.20. The molecule has 16 heavy (non-hydrogen) atoms. The third kappa shape index (κ3) is 2.14. The first kappa shape index (κ1) is 10.7. The summed E-state index contributed by atoms with van der Waals surface area (Å²) >= 11 is 1.81. The molecular formula is C12H18N2OS. The van der Waals surface area contributed by atoms with Gasteiger partial charge in [0.1, 0.15) is 0 Å². The number of aromatic nitrogens is 1. The molecule has 88 valence electrons. The molecule has 0 radical (unpaired) electrons. The Morgan fingerprint density at radius 2 is 2.31 bits per heavy atom. The van der Waals surface area contributed by atoms with Crippen molar-refractivity contribution < 1.29 is 5.11 Å². The first-order valence-corrected chi connectivity index (χ1v) is 7.04. The molecule has 0 aromatic carbocycles. The average molecular weight is 238 g/mol. The van der Waals surface area contributed by atoms with Crippen LogP contribution >= 0.6 is 11.3 Å². The van der Waals surface area contributed by atoms with Crippen molar-refractivity contribution in [3.8, 4) is 0 Å². The molecule has 1 saturated heterocycles. The van der Waals surface area contributed by atoms with Crippen LogP contribution in [-0.4, -0.2) is 34.2 Å². The van der Waals surface area contributed by atoms with Crippen molar-refractivity contribution in [3.63, 3.8) is 0 Å². The molecule has 1 aliphatic carbocycles.